The quantitative estimate of drug-likeness (QED) is 0.371. The molecule has 0 heterocycles. The van der Waals surface area contributed by atoms with Gasteiger partial charge in [0.25, 0.3) is 20.0 Å². The predicted octanol–water partition coefficient (Wildman–Crippen LogP) is 3.99. The number of ether oxygens (including phenoxy) is 1. The topological polar surface area (TPSA) is 102 Å². The van der Waals surface area contributed by atoms with E-state index in [9.17, 15) is 38.8 Å². The van der Waals surface area contributed by atoms with Crippen LogP contribution < -0.4 is 14.2 Å². The molecule has 0 fully saturated rings. The van der Waals surface area contributed by atoms with Crippen molar-refractivity contribution >= 4 is 31.4 Å². The minimum Gasteiger partial charge on any atom is -0.494 e. The van der Waals surface area contributed by atoms with Crippen molar-refractivity contribution < 1.29 is 43.5 Å². The maximum absolute atomic E-state index is 14.5. The van der Waals surface area contributed by atoms with Crippen molar-refractivity contribution in [2.75, 3.05) is 16.6 Å². The zero-order valence-corrected chi connectivity index (χ0v) is 18.0. The van der Waals surface area contributed by atoms with Crippen LogP contribution in [0.15, 0.2) is 58.3 Å². The summed E-state index contributed by atoms with van der Waals surface area (Å²) >= 11 is 0. The van der Waals surface area contributed by atoms with Crippen LogP contribution in [0.3, 0.4) is 0 Å². The first-order valence-corrected chi connectivity index (χ1v) is 11.7. The van der Waals surface area contributed by atoms with Crippen molar-refractivity contribution in [3.8, 4) is 5.75 Å². The maximum atomic E-state index is 14.5. The second-order valence-electron chi connectivity index (χ2n) is 6.33. The summed E-state index contributed by atoms with van der Waals surface area (Å²) in [5.74, 6) is -10.7. The number of hydrogen-bond acceptors (Lipinski definition) is 5. The fraction of sp³-hybridized carbons (Fsp3) is 0.0526. The van der Waals surface area contributed by atoms with E-state index >= 15 is 0 Å². The highest BCUT2D eigenvalue weighted by molar-refractivity contribution is 7.93. The number of hydrogen-bond donors (Lipinski definition) is 2. The van der Waals surface area contributed by atoms with E-state index in [1.807, 2.05) is 0 Å². The van der Waals surface area contributed by atoms with Gasteiger partial charge in [-0.3, -0.25) is 9.44 Å². The summed E-state index contributed by atoms with van der Waals surface area (Å²) in [5.41, 5.74) is -2.30. The van der Waals surface area contributed by atoms with Gasteiger partial charge in [0.1, 0.15) is 5.69 Å². The first-order chi connectivity index (χ1) is 15.4. The SMILES string of the molecule is COc1ccc(NS(=O)(=O)c2c(F)c(F)c(NS(=O)(=O)c3ccccc3)c(F)c2F)cc1F. The number of benzene rings is 3. The van der Waals surface area contributed by atoms with Crippen LogP contribution in [0, 0.1) is 29.1 Å². The molecular formula is C19H13F5N2O5S2. The molecule has 0 aromatic heterocycles. The van der Waals surface area contributed by atoms with E-state index in [-0.39, 0.29) is 5.75 Å². The first-order valence-electron chi connectivity index (χ1n) is 8.69. The Balaban J connectivity index is 2.05. The molecular weight excluding hydrogens is 495 g/mol. The highest BCUT2D eigenvalue weighted by Crippen LogP contribution is 2.33. The number of nitrogens with one attached hydrogen (secondary N) is 2. The molecule has 0 amide bonds. The smallest absolute Gasteiger partial charge is 0.267 e. The van der Waals surface area contributed by atoms with Gasteiger partial charge in [0, 0.05) is 6.07 Å². The zero-order valence-electron chi connectivity index (χ0n) is 16.4. The van der Waals surface area contributed by atoms with Crippen LogP contribution >= 0.6 is 0 Å². The van der Waals surface area contributed by atoms with Crippen molar-refractivity contribution in [2.45, 2.75) is 9.79 Å². The monoisotopic (exact) mass is 508 g/mol. The Morgan fingerprint density at radius 1 is 0.727 bits per heavy atom. The summed E-state index contributed by atoms with van der Waals surface area (Å²) in [7, 11) is -8.88. The Morgan fingerprint density at radius 3 is 1.82 bits per heavy atom. The zero-order chi connectivity index (χ0) is 24.6. The summed E-state index contributed by atoms with van der Waals surface area (Å²) in [4.78, 5) is -2.55. The van der Waals surface area contributed by atoms with Gasteiger partial charge in [0.05, 0.1) is 17.7 Å². The van der Waals surface area contributed by atoms with Crippen molar-refractivity contribution in [1.82, 2.24) is 0 Å². The molecule has 33 heavy (non-hydrogen) atoms. The molecule has 3 aromatic rings. The third-order valence-corrected chi connectivity index (χ3v) is 6.95. The second kappa shape index (κ2) is 8.86. The van der Waals surface area contributed by atoms with Gasteiger partial charge in [-0.05, 0) is 24.3 Å². The Hall–Kier alpha value is -3.39. The predicted molar refractivity (Wildman–Crippen MR) is 107 cm³/mol. The van der Waals surface area contributed by atoms with Crippen molar-refractivity contribution in [3.05, 3.63) is 77.6 Å². The molecule has 7 nitrogen and oxygen atoms in total. The van der Waals surface area contributed by atoms with Crippen molar-refractivity contribution in [2.24, 2.45) is 0 Å². The van der Waals surface area contributed by atoms with E-state index in [1.165, 1.54) is 22.9 Å². The Labute approximate surface area is 184 Å². The van der Waals surface area contributed by atoms with E-state index in [0.29, 0.717) is 6.07 Å². The van der Waals surface area contributed by atoms with Crippen LogP contribution in [-0.4, -0.2) is 23.9 Å². The number of anilines is 2. The minimum atomic E-state index is -5.33. The molecule has 3 aromatic carbocycles. The summed E-state index contributed by atoms with van der Waals surface area (Å²) in [6.07, 6.45) is 0. The van der Waals surface area contributed by atoms with E-state index < -0.39 is 70.3 Å². The van der Waals surface area contributed by atoms with Crippen LogP contribution in [0.4, 0.5) is 33.3 Å². The lowest BCUT2D eigenvalue weighted by atomic mass is 10.2. The summed E-state index contributed by atoms with van der Waals surface area (Å²) in [6.45, 7) is 0. The first kappa shape index (κ1) is 24.3. The largest absolute Gasteiger partial charge is 0.494 e. The van der Waals surface area contributed by atoms with Crippen LogP contribution in [-0.2, 0) is 20.0 Å². The molecule has 0 saturated heterocycles. The Bertz CT molecular complexity index is 1400. The Morgan fingerprint density at radius 2 is 1.30 bits per heavy atom. The lowest BCUT2D eigenvalue weighted by molar-refractivity contribution is 0.386. The highest BCUT2D eigenvalue weighted by atomic mass is 32.2. The minimum absolute atomic E-state index is 0.276. The second-order valence-corrected chi connectivity index (χ2v) is 9.64. The Kier molecular flexibility index (Phi) is 6.51. The van der Waals surface area contributed by atoms with Gasteiger partial charge in [-0.2, -0.15) is 0 Å². The maximum Gasteiger partial charge on any atom is 0.267 e. The van der Waals surface area contributed by atoms with Crippen LogP contribution in [0.2, 0.25) is 0 Å². The third kappa shape index (κ3) is 4.71. The van der Waals surface area contributed by atoms with E-state index in [4.69, 9.17) is 0 Å². The molecule has 0 radical (unpaired) electrons. The van der Waals surface area contributed by atoms with E-state index in [2.05, 4.69) is 4.74 Å². The molecule has 0 atom stereocenters. The molecule has 0 aliphatic rings. The molecule has 14 heteroatoms. The molecule has 0 saturated carbocycles. The van der Waals surface area contributed by atoms with Gasteiger partial charge in [-0.1, -0.05) is 18.2 Å². The van der Waals surface area contributed by atoms with Crippen LogP contribution in [0.5, 0.6) is 5.75 Å². The van der Waals surface area contributed by atoms with Gasteiger partial charge in [0.2, 0.25) is 0 Å². The number of sulfonamides is 2. The molecule has 3 rings (SSSR count). The van der Waals surface area contributed by atoms with Gasteiger partial charge in [0.15, 0.2) is 39.7 Å². The van der Waals surface area contributed by atoms with Crippen molar-refractivity contribution in [3.63, 3.8) is 0 Å². The van der Waals surface area contributed by atoms with Crippen LogP contribution in [0.25, 0.3) is 0 Å². The summed E-state index contributed by atoms with van der Waals surface area (Å²) in [5, 5.41) is 0. The molecule has 176 valence electrons. The van der Waals surface area contributed by atoms with Gasteiger partial charge in [-0.15, -0.1) is 0 Å². The van der Waals surface area contributed by atoms with Gasteiger partial charge >= 0.3 is 0 Å². The average Bonchev–Trinajstić information content (AvgIpc) is 2.76. The number of halogens is 5. The van der Waals surface area contributed by atoms with Gasteiger partial charge < -0.3 is 4.74 Å². The van der Waals surface area contributed by atoms with E-state index in [1.54, 1.807) is 4.72 Å². The summed E-state index contributed by atoms with van der Waals surface area (Å²) in [6, 6.07) is 8.65. The molecule has 0 spiro atoms. The molecule has 0 unspecified atom stereocenters. The molecule has 0 bridgehead atoms. The van der Waals surface area contributed by atoms with Crippen LogP contribution in [0.1, 0.15) is 0 Å². The van der Waals surface area contributed by atoms with Gasteiger partial charge in [-0.25, -0.2) is 38.8 Å². The van der Waals surface area contributed by atoms with E-state index in [0.717, 1.165) is 31.4 Å². The van der Waals surface area contributed by atoms with Crippen molar-refractivity contribution in [1.29, 1.82) is 0 Å². The molecule has 0 aliphatic heterocycles. The molecule has 2 N–H and O–H groups in total. The average molecular weight is 508 g/mol. The lowest BCUT2D eigenvalue weighted by Gasteiger charge is -2.15. The normalized spacial score (nSPS) is 11.8. The fourth-order valence-corrected chi connectivity index (χ4v) is 4.94. The standard InChI is InChI=1S/C19H13F5N2O5S2/c1-31-13-8-7-10(9-12(13)20)25-33(29,30)19-16(23)14(21)18(15(22)17(19)24)26-32(27,28)11-5-3-2-4-6-11/h2-9,25-26H,1H3. The highest BCUT2D eigenvalue weighted by Gasteiger charge is 2.35. The number of methoxy groups -OCH3 is 1. The fourth-order valence-electron chi connectivity index (χ4n) is 2.67. The molecule has 0 aliphatic carbocycles. The third-order valence-electron chi connectivity index (χ3n) is 4.19. The lowest BCUT2D eigenvalue weighted by Crippen LogP contribution is -2.21. The number of rotatable bonds is 7. The summed E-state index contributed by atoms with van der Waals surface area (Å²) < 4.78 is 129.